The second kappa shape index (κ2) is 4.65. The van der Waals surface area contributed by atoms with Crippen LogP contribution in [0, 0.1) is 0 Å². The van der Waals surface area contributed by atoms with E-state index in [-0.39, 0.29) is 6.42 Å². The van der Waals surface area contributed by atoms with Crippen LogP contribution in [0.25, 0.3) is 0 Å². The van der Waals surface area contributed by atoms with E-state index in [1.165, 1.54) is 0 Å². The first kappa shape index (κ1) is 8.79. The molecule has 0 aromatic heterocycles. The Labute approximate surface area is 63.4 Å². The van der Waals surface area contributed by atoms with Gasteiger partial charge in [-0.2, -0.15) is 0 Å². The Balaban J connectivity index is 3.38. The van der Waals surface area contributed by atoms with Gasteiger partial charge in [0.25, 0.3) is 0 Å². The molecule has 0 spiro atoms. The van der Waals surface area contributed by atoms with Gasteiger partial charge in [-0.25, -0.2) is 0 Å². The molecule has 4 heteroatoms. The van der Waals surface area contributed by atoms with Crippen LogP contribution >= 0.6 is 23.2 Å². The normalized spacial score (nSPS) is 9.22. The van der Waals surface area contributed by atoms with E-state index >= 15 is 0 Å². The average molecular weight is 169 g/mol. The van der Waals surface area contributed by atoms with Gasteiger partial charge in [-0.3, -0.25) is 4.79 Å². The number of halogens is 2. The maximum atomic E-state index is 10.4. The van der Waals surface area contributed by atoms with E-state index in [4.69, 9.17) is 23.2 Å². The lowest BCUT2D eigenvalue weighted by molar-refractivity contribution is -0.137. The van der Waals surface area contributed by atoms with Crippen molar-refractivity contribution >= 4 is 29.2 Å². The monoisotopic (exact) mass is 168 g/mol. The summed E-state index contributed by atoms with van der Waals surface area (Å²) in [5, 5.41) is 0. The lowest BCUT2D eigenvalue weighted by Crippen LogP contribution is -2.03. The van der Waals surface area contributed by atoms with Crippen LogP contribution in [-0.2, 0) is 9.53 Å². The van der Waals surface area contributed by atoms with Crippen molar-refractivity contribution in [3.8, 4) is 0 Å². The van der Waals surface area contributed by atoms with Crippen LogP contribution in [0.15, 0.2) is 12.8 Å². The summed E-state index contributed by atoms with van der Waals surface area (Å²) in [6.07, 6.45) is 1.04. The molecule has 0 bridgehead atoms. The first-order valence-corrected chi connectivity index (χ1v) is 3.12. The summed E-state index contributed by atoms with van der Waals surface area (Å²) >= 11 is 10.5. The molecule has 0 saturated heterocycles. The standard InChI is InChI=1S/C5H6Cl2O2/c1-2-9-5(8)3-4(6)7/h2,4H,1,3H2. The van der Waals surface area contributed by atoms with Gasteiger partial charge in [0, 0.05) is 0 Å². The number of carbonyl (C=O) groups excluding carboxylic acids is 1. The van der Waals surface area contributed by atoms with Gasteiger partial charge in [-0.1, -0.05) is 6.58 Å². The van der Waals surface area contributed by atoms with Crippen molar-refractivity contribution in [3.63, 3.8) is 0 Å². The maximum absolute atomic E-state index is 10.4. The SMILES string of the molecule is C=COC(=O)CC(Cl)Cl. The van der Waals surface area contributed by atoms with E-state index in [1.54, 1.807) is 0 Å². The Bertz CT molecular complexity index is 112. The highest BCUT2D eigenvalue weighted by molar-refractivity contribution is 6.45. The van der Waals surface area contributed by atoms with Gasteiger partial charge < -0.3 is 4.74 Å². The molecular weight excluding hydrogens is 163 g/mol. The molecule has 0 rings (SSSR count). The maximum Gasteiger partial charge on any atom is 0.313 e. The van der Waals surface area contributed by atoms with Crippen molar-refractivity contribution in [3.05, 3.63) is 12.8 Å². The highest BCUT2D eigenvalue weighted by Crippen LogP contribution is 2.07. The van der Waals surface area contributed by atoms with Gasteiger partial charge in [0.05, 0.1) is 12.7 Å². The fourth-order valence-corrected chi connectivity index (χ4v) is 0.519. The quantitative estimate of drug-likeness (QED) is 0.366. The third-order valence-corrected chi connectivity index (χ3v) is 0.844. The van der Waals surface area contributed by atoms with E-state index < -0.39 is 10.8 Å². The number of alkyl halides is 2. The summed E-state index contributed by atoms with van der Waals surface area (Å²) in [5.41, 5.74) is 0. The topological polar surface area (TPSA) is 26.3 Å². The zero-order valence-corrected chi connectivity index (χ0v) is 6.15. The van der Waals surface area contributed by atoms with Crippen molar-refractivity contribution in [2.45, 2.75) is 11.3 Å². The predicted octanol–water partition coefficient (Wildman–Crippen LogP) is 1.87. The average Bonchev–Trinajstić information content (AvgIpc) is 1.63. The lowest BCUT2D eigenvalue weighted by Gasteiger charge is -1.96. The molecule has 0 saturated carbocycles. The second-order valence-electron chi connectivity index (χ2n) is 1.25. The molecule has 0 aromatic rings. The Hall–Kier alpha value is -0.210. The number of hydrogen-bond acceptors (Lipinski definition) is 2. The summed E-state index contributed by atoms with van der Waals surface area (Å²) < 4.78 is 4.31. The third kappa shape index (κ3) is 5.66. The van der Waals surface area contributed by atoms with Gasteiger partial charge >= 0.3 is 5.97 Å². The molecule has 0 radical (unpaired) electrons. The minimum absolute atomic E-state index is 0.00483. The van der Waals surface area contributed by atoms with Crippen LogP contribution in [0.2, 0.25) is 0 Å². The summed E-state index contributed by atoms with van der Waals surface area (Å²) in [7, 11) is 0. The molecule has 0 heterocycles. The zero-order valence-electron chi connectivity index (χ0n) is 4.64. The van der Waals surface area contributed by atoms with E-state index in [2.05, 4.69) is 11.3 Å². The van der Waals surface area contributed by atoms with Crippen LogP contribution in [0.5, 0.6) is 0 Å². The Kier molecular flexibility index (Phi) is 4.54. The third-order valence-electron chi connectivity index (χ3n) is 0.536. The van der Waals surface area contributed by atoms with Gasteiger partial charge in [0.2, 0.25) is 0 Å². The molecule has 0 aromatic carbocycles. The zero-order chi connectivity index (χ0) is 7.28. The number of carbonyl (C=O) groups is 1. The van der Waals surface area contributed by atoms with E-state index in [0.29, 0.717) is 0 Å². The van der Waals surface area contributed by atoms with E-state index in [0.717, 1.165) is 6.26 Å². The van der Waals surface area contributed by atoms with E-state index in [9.17, 15) is 4.79 Å². The minimum atomic E-state index is -0.697. The van der Waals surface area contributed by atoms with Gasteiger partial charge in [-0.05, 0) is 0 Å². The number of rotatable bonds is 3. The second-order valence-corrected chi connectivity index (χ2v) is 2.53. The molecule has 0 atom stereocenters. The van der Waals surface area contributed by atoms with Crippen LogP contribution in [0.3, 0.4) is 0 Å². The van der Waals surface area contributed by atoms with Gasteiger partial charge in [-0.15, -0.1) is 23.2 Å². The molecular formula is C5H6Cl2O2. The van der Waals surface area contributed by atoms with Crippen molar-refractivity contribution in [1.29, 1.82) is 0 Å². The van der Waals surface area contributed by atoms with E-state index in [1.807, 2.05) is 0 Å². The number of esters is 1. The minimum Gasteiger partial charge on any atom is -0.435 e. The lowest BCUT2D eigenvalue weighted by atomic mass is 10.5. The van der Waals surface area contributed by atoms with Crippen LogP contribution < -0.4 is 0 Å². The smallest absolute Gasteiger partial charge is 0.313 e. The van der Waals surface area contributed by atoms with Crippen molar-refractivity contribution in [1.82, 2.24) is 0 Å². The predicted molar refractivity (Wildman–Crippen MR) is 36.4 cm³/mol. The molecule has 0 fully saturated rings. The molecule has 52 valence electrons. The highest BCUT2D eigenvalue weighted by atomic mass is 35.5. The Morgan fingerprint density at radius 3 is 2.67 bits per heavy atom. The van der Waals surface area contributed by atoms with Gasteiger partial charge in [0.1, 0.15) is 4.84 Å². The fourth-order valence-electron chi connectivity index (χ4n) is 0.267. The first-order valence-electron chi connectivity index (χ1n) is 2.25. The van der Waals surface area contributed by atoms with Crippen molar-refractivity contribution < 1.29 is 9.53 Å². The highest BCUT2D eigenvalue weighted by Gasteiger charge is 2.06. The number of ether oxygens (including phenoxy) is 1. The molecule has 0 unspecified atom stereocenters. The van der Waals surface area contributed by atoms with Crippen LogP contribution in [-0.4, -0.2) is 10.8 Å². The van der Waals surface area contributed by atoms with Gasteiger partial charge in [0.15, 0.2) is 0 Å². The fraction of sp³-hybridized carbons (Fsp3) is 0.400. The summed E-state index contributed by atoms with van der Waals surface area (Å²) in [6.45, 7) is 3.18. The van der Waals surface area contributed by atoms with Crippen LogP contribution in [0.4, 0.5) is 0 Å². The Morgan fingerprint density at radius 2 is 2.33 bits per heavy atom. The summed E-state index contributed by atoms with van der Waals surface area (Å²) in [4.78, 5) is 9.69. The molecule has 0 aliphatic heterocycles. The molecule has 0 aliphatic rings. The summed E-state index contributed by atoms with van der Waals surface area (Å²) in [6, 6.07) is 0. The molecule has 0 amide bonds. The number of hydrogen-bond donors (Lipinski definition) is 0. The van der Waals surface area contributed by atoms with Crippen molar-refractivity contribution in [2.24, 2.45) is 0 Å². The molecule has 9 heavy (non-hydrogen) atoms. The van der Waals surface area contributed by atoms with Crippen LogP contribution in [0.1, 0.15) is 6.42 Å². The molecule has 0 aliphatic carbocycles. The Morgan fingerprint density at radius 1 is 1.78 bits per heavy atom. The van der Waals surface area contributed by atoms with Crippen molar-refractivity contribution in [2.75, 3.05) is 0 Å². The largest absolute Gasteiger partial charge is 0.435 e. The summed E-state index contributed by atoms with van der Waals surface area (Å²) in [5.74, 6) is -0.472. The molecule has 0 N–H and O–H groups in total. The molecule has 2 nitrogen and oxygen atoms in total. The first-order chi connectivity index (χ1) is 4.16.